The van der Waals surface area contributed by atoms with Crippen molar-refractivity contribution < 1.29 is 14.3 Å². The maximum atomic E-state index is 12.6. The van der Waals surface area contributed by atoms with Gasteiger partial charge < -0.3 is 10.5 Å². The lowest BCUT2D eigenvalue weighted by molar-refractivity contribution is -0.145. The molecule has 0 aromatic heterocycles. The molecule has 0 aliphatic carbocycles. The fraction of sp³-hybridized carbons (Fsp3) is 0.176. The Kier molecular flexibility index (Phi) is 5.14. The Morgan fingerprint density at radius 1 is 1.05 bits per heavy atom. The van der Waals surface area contributed by atoms with E-state index in [-0.39, 0.29) is 18.9 Å². The van der Waals surface area contributed by atoms with Crippen molar-refractivity contribution in [3.05, 3.63) is 54.6 Å². The van der Waals surface area contributed by atoms with Crippen LogP contribution in [0, 0.1) is 0 Å². The van der Waals surface area contributed by atoms with Gasteiger partial charge in [0.05, 0.1) is 18.0 Å². The number of nitrogens with two attached hydrogens (primary N) is 1. The molecule has 0 unspecified atom stereocenters. The van der Waals surface area contributed by atoms with Gasteiger partial charge in [0.25, 0.3) is 0 Å². The van der Waals surface area contributed by atoms with E-state index >= 15 is 0 Å². The van der Waals surface area contributed by atoms with Crippen LogP contribution in [-0.2, 0) is 14.3 Å². The molecule has 22 heavy (non-hydrogen) atoms. The number of esters is 1. The second-order valence-electron chi connectivity index (χ2n) is 4.61. The van der Waals surface area contributed by atoms with Gasteiger partial charge in [0.2, 0.25) is 5.91 Å². The molecular weight excluding hydrogens is 280 g/mol. The fourth-order valence-electron chi connectivity index (χ4n) is 2.10. The van der Waals surface area contributed by atoms with Gasteiger partial charge in [-0.3, -0.25) is 14.5 Å². The SMILES string of the molecule is CCOC(=O)CC(=O)N(c1ccccc1)c1ccccc1N. The average Bonchev–Trinajstić information content (AvgIpc) is 2.51. The Balaban J connectivity index is 2.37. The summed E-state index contributed by atoms with van der Waals surface area (Å²) in [5, 5.41) is 0. The molecule has 2 N–H and O–H groups in total. The summed E-state index contributed by atoms with van der Waals surface area (Å²) < 4.78 is 4.85. The summed E-state index contributed by atoms with van der Waals surface area (Å²) >= 11 is 0. The van der Waals surface area contributed by atoms with Crippen LogP contribution in [0.3, 0.4) is 0 Å². The smallest absolute Gasteiger partial charge is 0.315 e. The predicted octanol–water partition coefficient (Wildman–Crippen LogP) is 2.89. The second-order valence-corrected chi connectivity index (χ2v) is 4.61. The molecule has 0 fully saturated rings. The number of hydrogen-bond donors (Lipinski definition) is 1. The number of hydrogen-bond acceptors (Lipinski definition) is 4. The summed E-state index contributed by atoms with van der Waals surface area (Å²) in [4.78, 5) is 25.6. The van der Waals surface area contributed by atoms with E-state index in [4.69, 9.17) is 10.5 Å². The molecule has 0 aliphatic heterocycles. The van der Waals surface area contributed by atoms with Gasteiger partial charge in [0, 0.05) is 5.69 Å². The number of benzene rings is 2. The number of anilines is 3. The molecule has 2 aromatic carbocycles. The lowest BCUT2D eigenvalue weighted by atomic mass is 10.2. The van der Waals surface area contributed by atoms with Crippen LogP contribution >= 0.6 is 0 Å². The van der Waals surface area contributed by atoms with E-state index in [9.17, 15) is 9.59 Å². The van der Waals surface area contributed by atoms with Crippen molar-refractivity contribution in [1.29, 1.82) is 0 Å². The van der Waals surface area contributed by atoms with Gasteiger partial charge in [-0.25, -0.2) is 0 Å². The van der Waals surface area contributed by atoms with Crippen molar-refractivity contribution in [2.24, 2.45) is 0 Å². The number of amides is 1. The fourth-order valence-corrected chi connectivity index (χ4v) is 2.10. The molecule has 114 valence electrons. The highest BCUT2D eigenvalue weighted by molar-refractivity contribution is 6.09. The zero-order valence-electron chi connectivity index (χ0n) is 12.4. The number of rotatable bonds is 5. The molecule has 0 bridgehead atoms. The van der Waals surface area contributed by atoms with Crippen LogP contribution in [0.5, 0.6) is 0 Å². The lowest BCUT2D eigenvalue weighted by Crippen LogP contribution is -2.29. The average molecular weight is 298 g/mol. The van der Waals surface area contributed by atoms with E-state index in [1.165, 1.54) is 4.90 Å². The van der Waals surface area contributed by atoms with Crippen LogP contribution in [-0.4, -0.2) is 18.5 Å². The molecule has 0 atom stereocenters. The first-order valence-corrected chi connectivity index (χ1v) is 7.01. The Morgan fingerprint density at radius 3 is 2.32 bits per heavy atom. The first kappa shape index (κ1) is 15.6. The van der Waals surface area contributed by atoms with Crippen LogP contribution in [0.1, 0.15) is 13.3 Å². The molecule has 2 rings (SSSR count). The monoisotopic (exact) mass is 298 g/mol. The molecule has 5 heteroatoms. The maximum absolute atomic E-state index is 12.6. The zero-order valence-corrected chi connectivity index (χ0v) is 12.4. The Labute approximate surface area is 129 Å². The van der Waals surface area contributed by atoms with Crippen LogP contribution in [0.4, 0.5) is 17.1 Å². The van der Waals surface area contributed by atoms with Crippen LogP contribution in [0.2, 0.25) is 0 Å². The normalized spacial score (nSPS) is 10.0. The Bertz CT molecular complexity index is 656. The van der Waals surface area contributed by atoms with Crippen LogP contribution in [0.15, 0.2) is 54.6 Å². The van der Waals surface area contributed by atoms with Gasteiger partial charge in [-0.05, 0) is 31.2 Å². The predicted molar refractivity (Wildman–Crippen MR) is 85.7 cm³/mol. The maximum Gasteiger partial charge on any atom is 0.315 e. The molecule has 0 saturated carbocycles. The van der Waals surface area contributed by atoms with Crippen molar-refractivity contribution in [3.8, 4) is 0 Å². The topological polar surface area (TPSA) is 72.6 Å². The largest absolute Gasteiger partial charge is 0.466 e. The van der Waals surface area contributed by atoms with Gasteiger partial charge in [-0.2, -0.15) is 0 Å². The van der Waals surface area contributed by atoms with Gasteiger partial charge in [0.1, 0.15) is 6.42 Å². The zero-order chi connectivity index (χ0) is 15.9. The quantitative estimate of drug-likeness (QED) is 0.523. The van der Waals surface area contributed by atoms with E-state index in [0.717, 1.165) is 0 Å². The summed E-state index contributed by atoms with van der Waals surface area (Å²) in [5.41, 5.74) is 7.63. The molecule has 0 saturated heterocycles. The van der Waals surface area contributed by atoms with Crippen molar-refractivity contribution in [2.45, 2.75) is 13.3 Å². The second kappa shape index (κ2) is 7.26. The van der Waals surface area contributed by atoms with E-state index in [0.29, 0.717) is 17.1 Å². The van der Waals surface area contributed by atoms with Crippen molar-refractivity contribution >= 4 is 28.9 Å². The minimum absolute atomic E-state index is 0.241. The number of para-hydroxylation sites is 3. The van der Waals surface area contributed by atoms with Gasteiger partial charge in [0.15, 0.2) is 0 Å². The first-order chi connectivity index (χ1) is 10.6. The lowest BCUT2D eigenvalue weighted by Gasteiger charge is -2.24. The van der Waals surface area contributed by atoms with Crippen LogP contribution < -0.4 is 10.6 Å². The van der Waals surface area contributed by atoms with Gasteiger partial charge >= 0.3 is 5.97 Å². The summed E-state index contributed by atoms with van der Waals surface area (Å²) in [6, 6.07) is 16.1. The van der Waals surface area contributed by atoms with Gasteiger partial charge in [-0.1, -0.05) is 30.3 Å². The standard InChI is InChI=1S/C17H18N2O3/c1-2-22-17(21)12-16(20)19(13-8-4-3-5-9-13)15-11-7-6-10-14(15)18/h3-11H,2,12,18H2,1H3. The first-order valence-electron chi connectivity index (χ1n) is 7.01. The highest BCUT2D eigenvalue weighted by atomic mass is 16.5. The molecule has 0 aliphatic rings. The molecule has 5 nitrogen and oxygen atoms in total. The molecule has 0 spiro atoms. The molecular formula is C17H18N2O3. The third kappa shape index (κ3) is 3.63. The third-order valence-electron chi connectivity index (χ3n) is 3.04. The number of nitrogen functional groups attached to an aromatic ring is 1. The highest BCUT2D eigenvalue weighted by Gasteiger charge is 2.22. The van der Waals surface area contributed by atoms with E-state index in [2.05, 4.69) is 0 Å². The third-order valence-corrected chi connectivity index (χ3v) is 3.04. The minimum Gasteiger partial charge on any atom is -0.466 e. The van der Waals surface area contributed by atoms with E-state index < -0.39 is 5.97 Å². The Morgan fingerprint density at radius 2 is 1.68 bits per heavy atom. The van der Waals surface area contributed by atoms with E-state index in [1.54, 1.807) is 43.3 Å². The van der Waals surface area contributed by atoms with Gasteiger partial charge in [-0.15, -0.1) is 0 Å². The molecule has 1 amide bonds. The highest BCUT2D eigenvalue weighted by Crippen LogP contribution is 2.30. The number of ether oxygens (including phenoxy) is 1. The molecule has 2 aromatic rings. The summed E-state index contributed by atoms with van der Waals surface area (Å²) in [7, 11) is 0. The molecule has 0 heterocycles. The summed E-state index contributed by atoms with van der Waals surface area (Å²) in [5.74, 6) is -0.939. The Hall–Kier alpha value is -2.82. The number of nitrogens with zero attached hydrogens (tertiary/aromatic N) is 1. The summed E-state index contributed by atoms with van der Waals surface area (Å²) in [6.07, 6.45) is -0.336. The van der Waals surface area contributed by atoms with Crippen molar-refractivity contribution in [2.75, 3.05) is 17.2 Å². The number of carbonyl (C=O) groups excluding carboxylic acids is 2. The van der Waals surface area contributed by atoms with E-state index in [1.807, 2.05) is 18.2 Å². The van der Waals surface area contributed by atoms with Crippen LogP contribution in [0.25, 0.3) is 0 Å². The van der Waals surface area contributed by atoms with Crippen molar-refractivity contribution in [3.63, 3.8) is 0 Å². The number of carbonyl (C=O) groups is 2. The minimum atomic E-state index is -0.553. The van der Waals surface area contributed by atoms with Crippen molar-refractivity contribution in [1.82, 2.24) is 0 Å². The molecule has 0 radical (unpaired) electrons. The summed E-state index contributed by atoms with van der Waals surface area (Å²) in [6.45, 7) is 1.94.